The van der Waals surface area contributed by atoms with Crippen molar-refractivity contribution in [3.63, 3.8) is 0 Å². The average Bonchev–Trinajstić information content (AvgIpc) is 0.940. The van der Waals surface area contributed by atoms with E-state index < -0.39 is 60.7 Å². The molecule has 10 aromatic heterocycles. The van der Waals surface area contributed by atoms with E-state index in [0.717, 1.165) is 144 Å². The Labute approximate surface area is 800 Å². The van der Waals surface area contributed by atoms with E-state index in [2.05, 4.69) is 175 Å². The molecule has 734 valence electrons. The molecule has 0 saturated carbocycles. The Bertz CT molecular complexity index is 5840. The number of benzene rings is 1. The third-order valence-electron chi connectivity index (χ3n) is 17.3. The van der Waals surface area contributed by atoms with Crippen LogP contribution in [0.15, 0.2) is 119 Å². The van der Waals surface area contributed by atoms with Gasteiger partial charge in [-0.2, -0.15) is 90.8 Å². The average molecular weight is 2030 g/mol. The van der Waals surface area contributed by atoms with Gasteiger partial charge in [-0.1, -0.05) is 136 Å². The highest BCUT2D eigenvalue weighted by atomic mass is 32.1. The molecule has 3 saturated heterocycles. The van der Waals surface area contributed by atoms with Crippen molar-refractivity contribution in [3.8, 4) is 65.2 Å². The summed E-state index contributed by atoms with van der Waals surface area (Å²) in [6.45, 7) is 23.9. The number of anilines is 4. The highest BCUT2D eigenvalue weighted by molar-refractivity contribution is 7.10. The molecule has 0 bridgehead atoms. The lowest BCUT2D eigenvalue weighted by molar-refractivity contribution is -0.383. The van der Waals surface area contributed by atoms with Crippen molar-refractivity contribution >= 4 is 110 Å². The maximum atomic E-state index is 10.5. The molecule has 1 aromatic carbocycles. The first-order valence-electron chi connectivity index (χ1n) is 40.7. The van der Waals surface area contributed by atoms with Gasteiger partial charge in [0.15, 0.2) is 0 Å². The minimum absolute atomic E-state index is 0.100. The van der Waals surface area contributed by atoms with Crippen LogP contribution in [0.2, 0.25) is 0 Å². The predicted molar refractivity (Wildman–Crippen MR) is 465 cm³/mol. The molecular formula is C88H86F15N19O11S5. The smallest absolute Gasteiger partial charge is 0.430 e. The molecule has 11 aromatic rings. The zero-order valence-electron chi connectivity index (χ0n) is 74.4. The van der Waals surface area contributed by atoms with E-state index in [1.807, 2.05) is 124 Å². The van der Waals surface area contributed by atoms with Crippen molar-refractivity contribution in [2.75, 3.05) is 52.7 Å². The van der Waals surface area contributed by atoms with Crippen LogP contribution in [0.25, 0.3) is 0 Å². The van der Waals surface area contributed by atoms with Gasteiger partial charge in [0.2, 0.25) is 48.8 Å². The number of nitrogens with zero attached hydrogens (tertiary/aromatic N) is 13. The van der Waals surface area contributed by atoms with Gasteiger partial charge < -0.3 is 74.3 Å². The lowest BCUT2D eigenvalue weighted by Gasteiger charge is -2.33. The highest BCUT2D eigenvalue weighted by Crippen LogP contribution is 2.24. The lowest BCUT2D eigenvalue weighted by atomic mass is 10.0. The molecule has 3 aliphatic rings. The van der Waals surface area contributed by atoms with Crippen molar-refractivity contribution in [2.24, 2.45) is 0 Å². The van der Waals surface area contributed by atoms with Gasteiger partial charge in [-0.15, -0.1) is 0 Å². The summed E-state index contributed by atoms with van der Waals surface area (Å²) in [5, 5.41) is 62.9. The largest absolute Gasteiger partial charge is 0.542 e. The van der Waals surface area contributed by atoms with Gasteiger partial charge in [0, 0.05) is 171 Å². The molecule has 6 N–H and O–H groups in total. The van der Waals surface area contributed by atoms with E-state index >= 15 is 0 Å². The van der Waals surface area contributed by atoms with Crippen molar-refractivity contribution in [3.05, 3.63) is 206 Å². The molecule has 30 nitrogen and oxygen atoms in total. The Balaban J connectivity index is 0.000000280. The summed E-state index contributed by atoms with van der Waals surface area (Å²) in [5.74, 6) is 18.8. The molecule has 13 heterocycles. The van der Waals surface area contributed by atoms with E-state index in [-0.39, 0.29) is 6.10 Å². The molecule has 3 atom stereocenters. The summed E-state index contributed by atoms with van der Waals surface area (Å²) in [4.78, 5) is 110. The number of aliphatic carboxylic acids is 5. The summed E-state index contributed by atoms with van der Waals surface area (Å²) < 4.78 is 163. The second-order valence-electron chi connectivity index (χ2n) is 28.5. The number of carbonyl (C=O) groups excluding carboxylic acids is 5. The summed E-state index contributed by atoms with van der Waals surface area (Å²) >= 11 is 8.28. The van der Waals surface area contributed by atoms with Crippen molar-refractivity contribution in [2.45, 2.75) is 176 Å². The van der Waals surface area contributed by atoms with E-state index in [1.54, 1.807) is 93.9 Å². The number of rotatable bonds is 9. The van der Waals surface area contributed by atoms with Crippen LogP contribution < -0.4 is 75.2 Å². The summed E-state index contributed by atoms with van der Waals surface area (Å²) in [5.41, 5.74) is 9.82. The van der Waals surface area contributed by atoms with Crippen LogP contribution in [0.3, 0.4) is 0 Å². The molecule has 3 fully saturated rings. The van der Waals surface area contributed by atoms with Crippen molar-refractivity contribution < 1.29 is 145 Å². The fourth-order valence-electron chi connectivity index (χ4n) is 10.4. The summed E-state index contributed by atoms with van der Waals surface area (Å²) in [7, 11) is 0. The Hall–Kier alpha value is -14.1. The molecule has 0 aliphatic carbocycles. The number of aryl methyl sites for hydroxylation is 5. The van der Waals surface area contributed by atoms with Crippen LogP contribution in [0, 0.1) is 93.8 Å². The van der Waals surface area contributed by atoms with Crippen molar-refractivity contribution in [1.82, 2.24) is 49.8 Å². The van der Waals surface area contributed by atoms with E-state index in [1.165, 1.54) is 57.8 Å². The second kappa shape index (κ2) is 57.0. The van der Waals surface area contributed by atoms with Crippen molar-refractivity contribution in [1.29, 1.82) is 0 Å². The Morgan fingerprint density at radius 2 is 0.645 bits per heavy atom. The number of hydrogen-bond donors (Lipinski definition) is 1. The third kappa shape index (κ3) is 45.9. The number of aromatic amines is 5. The third-order valence-corrected chi connectivity index (χ3v) is 21.3. The quantitative estimate of drug-likeness (QED) is 0.104. The van der Waals surface area contributed by atoms with Crippen LogP contribution in [-0.4, -0.2) is 155 Å². The molecule has 0 amide bonds. The number of nitrogens with one attached hydrogen (secondary N) is 6. The molecule has 0 spiro atoms. The number of carboxylic acids is 5. The first-order chi connectivity index (χ1) is 64.9. The number of piperidine rings is 1. The number of alkyl halides is 15. The highest BCUT2D eigenvalue weighted by Gasteiger charge is 2.32. The zero-order valence-corrected chi connectivity index (χ0v) is 78.5. The SMILES string of the molecule is CCC(C)Nc1ncc(C#Cc2csc(C)[nH+]2)cn1.Cc1[nH+]c(C#Cc2cnc(N3CCCC3)nc2)cs1.Cc1[nH+]c(C#Cc2cnc(N3CCCCC3C)nc2)cs1.Cc1[nH+]c(C#Cc2cnc(N3CCCCCC3)nc2)cs1.Cc1[nH+]c(C#Cc2cnc(O[C@@H](C)c3ccccc3)nc2)cs1.O=C([O-])C(F)(F)F.O=C([O-])C(F)(F)F.O=C([O-])C(F)(F)F.O=C([O-])C(F)(F)F.O=C([O-])C(F)(F)F. The first kappa shape index (κ1) is 114. The standard InChI is InChI=1S/C18H15N3OS.2C16H18N4S.C14H14N4S.C14H16N4S.5C2HF3O2/c1-13(16-6-4-3-5-7-16)22-18-19-10-15(11-20-18)8-9-17-12-23-14(2)21-17;1-12-5-3-4-8-20(12)16-17-9-14(10-18-16)6-7-15-11-21-13(2)19-15;1-13-19-15(12-21-13)7-6-14-10-17-16(18-11-14)20-8-4-2-3-5-9-20;1-11-17-13(10-19-11)5-4-12-8-15-14(16-9-12)18-6-2-3-7-18;1-4-10(2)17-14-15-7-12(8-16-14)5-6-13-9-19-11(3)18-13;5*3-2(4,5)1(6)7/h3-7,10-13H,1-2H3;9-12H,3-5,8H2,1-2H3;10-12H,2-5,8-9H2,1H3;8-10H,2-3,6-7H2,1H3;7-10H,4H2,1-3H3,(H,15,16,17);5*(H,6,7)/t13-;;;;;;;;;/m0........./s1. The molecule has 2 unspecified atom stereocenters. The lowest BCUT2D eigenvalue weighted by Crippen LogP contribution is -2.38. The number of H-pyrrole nitrogens is 5. The minimum Gasteiger partial charge on any atom is -0.542 e. The Morgan fingerprint density at radius 3 is 0.899 bits per heavy atom. The number of aromatic nitrogens is 15. The summed E-state index contributed by atoms with van der Waals surface area (Å²) in [6.07, 6.45) is 3.98. The zero-order chi connectivity index (χ0) is 102. The number of thiazole rings is 5. The molecule has 138 heavy (non-hydrogen) atoms. The van der Waals surface area contributed by atoms with Crippen LogP contribution >= 0.6 is 56.7 Å². The van der Waals surface area contributed by atoms with Gasteiger partial charge in [0.1, 0.15) is 36.0 Å². The molecule has 3 aliphatic heterocycles. The number of carboxylic acid groups (broad SMARTS) is 5. The maximum Gasteiger partial charge on any atom is 0.430 e. The monoisotopic (exact) mass is 2030 g/mol. The number of ether oxygens (including phenoxy) is 1. The van der Waals surface area contributed by atoms with Gasteiger partial charge >= 0.3 is 36.9 Å². The number of hydrogen-bond acceptors (Lipinski definition) is 30. The van der Waals surface area contributed by atoms with Gasteiger partial charge in [-0.25, -0.2) is 49.8 Å². The van der Waals surface area contributed by atoms with Gasteiger partial charge in [0.25, 0.3) is 28.5 Å². The fraction of sp³-hybridized carbons (Fsp3) is 0.364. The number of carbonyl (C=O) groups is 5. The van der Waals surface area contributed by atoms with Gasteiger partial charge in [-0.05, 0) is 77.7 Å². The van der Waals surface area contributed by atoms with E-state index in [0.29, 0.717) is 24.0 Å². The normalized spacial score (nSPS) is 13.4. The number of halogens is 15. The topological polar surface area (TPSA) is 431 Å². The van der Waals surface area contributed by atoms with E-state index in [4.69, 9.17) is 54.2 Å². The summed E-state index contributed by atoms with van der Waals surface area (Å²) in [6, 6.07) is 11.2. The molecule has 50 heteroatoms. The predicted octanol–water partition coefficient (Wildman–Crippen LogP) is 8.50. The van der Waals surface area contributed by atoms with Gasteiger partial charge in [-0.3, -0.25) is 0 Å². The fourth-order valence-corrected chi connectivity index (χ4v) is 13.3. The van der Waals surface area contributed by atoms with Crippen LogP contribution in [0.1, 0.15) is 185 Å². The molecule has 0 radical (unpaired) electrons. The second-order valence-corrected chi connectivity index (χ2v) is 33.9. The molecular weight excluding hydrogens is 1940 g/mol. The Morgan fingerprint density at radius 1 is 0.391 bits per heavy atom. The van der Waals surface area contributed by atoms with Gasteiger partial charge in [0.05, 0.1) is 54.7 Å². The minimum atomic E-state index is -5.19. The van der Waals surface area contributed by atoms with E-state index in [9.17, 15) is 65.9 Å². The maximum absolute atomic E-state index is 10.5. The van der Waals surface area contributed by atoms with Crippen LogP contribution in [-0.2, 0) is 24.0 Å². The first-order valence-corrected chi connectivity index (χ1v) is 45.1. The van der Waals surface area contributed by atoms with Crippen LogP contribution in [0.4, 0.5) is 89.6 Å². The van der Waals surface area contributed by atoms with Crippen LogP contribution in [0.5, 0.6) is 6.01 Å². The Kier molecular flexibility index (Phi) is 47.3. The molecule has 14 rings (SSSR count).